The van der Waals surface area contributed by atoms with E-state index in [4.69, 9.17) is 16.6 Å². The minimum Gasteiger partial charge on any atom is -0.467 e. The Labute approximate surface area is 169 Å². The number of hydrogen-bond acceptors (Lipinski definition) is 4. The van der Waals surface area contributed by atoms with Crippen LogP contribution in [0, 0.1) is 13.8 Å². The van der Waals surface area contributed by atoms with Crippen LogP contribution in [0.2, 0.25) is 0 Å². The molecule has 1 aromatic carbocycles. The van der Waals surface area contributed by atoms with Crippen molar-refractivity contribution < 1.29 is 9.52 Å². The molecule has 7 heteroatoms. The van der Waals surface area contributed by atoms with Gasteiger partial charge in [0.15, 0.2) is 5.11 Å². The lowest BCUT2D eigenvalue weighted by Crippen LogP contribution is -2.40. The predicted molar refractivity (Wildman–Crippen MR) is 114 cm³/mol. The summed E-state index contributed by atoms with van der Waals surface area (Å²) in [5.74, 6) is 0.777. The molecule has 0 fully saturated rings. The number of nitrogens with zero attached hydrogens (tertiary/aromatic N) is 1. The number of hydrogen-bond donors (Lipinski definition) is 3. The molecule has 2 aromatic heterocycles. The minimum atomic E-state index is -0.121. The topological polar surface area (TPSA) is 81.5 Å². The molecule has 2 heterocycles. The van der Waals surface area contributed by atoms with Crippen LogP contribution in [0.15, 0.2) is 45.8 Å². The third-order valence-electron chi connectivity index (χ3n) is 4.86. The number of aromatic amines is 1. The van der Waals surface area contributed by atoms with Crippen molar-refractivity contribution in [1.29, 1.82) is 0 Å². The number of aromatic nitrogens is 1. The van der Waals surface area contributed by atoms with Crippen LogP contribution in [0.1, 0.15) is 28.9 Å². The fourth-order valence-electron chi connectivity index (χ4n) is 3.09. The Bertz CT molecular complexity index is 1010. The molecule has 0 aliphatic heterocycles. The second-order valence-corrected chi connectivity index (χ2v) is 7.22. The van der Waals surface area contributed by atoms with E-state index in [2.05, 4.69) is 16.4 Å². The number of aliphatic hydroxyl groups excluding tert-OH is 1. The number of aliphatic hydroxyl groups is 1. The number of fused-ring (bicyclic) bond motifs is 1. The van der Waals surface area contributed by atoms with Crippen molar-refractivity contribution >= 4 is 28.2 Å². The van der Waals surface area contributed by atoms with Crippen molar-refractivity contribution in [1.82, 2.24) is 15.2 Å². The Balaban J connectivity index is 1.81. The molecule has 0 aliphatic carbocycles. The summed E-state index contributed by atoms with van der Waals surface area (Å²) in [6.45, 7) is 5.47. The smallest absolute Gasteiger partial charge is 0.253 e. The molecule has 0 radical (unpaired) electrons. The molecule has 6 nitrogen and oxygen atoms in total. The molecule has 0 saturated heterocycles. The van der Waals surface area contributed by atoms with Gasteiger partial charge in [0.25, 0.3) is 5.56 Å². The Morgan fingerprint density at radius 1 is 1.32 bits per heavy atom. The van der Waals surface area contributed by atoms with Crippen LogP contribution >= 0.6 is 12.2 Å². The molecular weight excluding hydrogens is 374 g/mol. The SMILES string of the molecule is Cc1ccc2cc(CN(CCCO)C(=S)NCc3ccco3)c(=O)[nH]c2c1C. The van der Waals surface area contributed by atoms with E-state index in [-0.39, 0.29) is 12.2 Å². The highest BCUT2D eigenvalue weighted by atomic mass is 32.1. The molecule has 148 valence electrons. The van der Waals surface area contributed by atoms with Crippen LogP contribution < -0.4 is 10.9 Å². The predicted octanol–water partition coefficient (Wildman–Crippen LogP) is 3.00. The van der Waals surface area contributed by atoms with Gasteiger partial charge in [-0.3, -0.25) is 4.79 Å². The van der Waals surface area contributed by atoms with Gasteiger partial charge in [-0.1, -0.05) is 12.1 Å². The van der Waals surface area contributed by atoms with Crippen molar-refractivity contribution in [2.24, 2.45) is 0 Å². The molecule has 0 bridgehead atoms. The average Bonchev–Trinajstić information content (AvgIpc) is 3.21. The van der Waals surface area contributed by atoms with Gasteiger partial charge in [0.05, 0.1) is 24.9 Å². The van der Waals surface area contributed by atoms with Crippen LogP contribution in [0.3, 0.4) is 0 Å². The number of aryl methyl sites for hydroxylation is 2. The molecule has 0 atom stereocenters. The Morgan fingerprint density at radius 2 is 2.14 bits per heavy atom. The standard InChI is InChI=1S/C21H25N3O3S/c1-14-6-7-16-11-17(20(26)23-19(16)15(14)2)13-24(8-4-9-25)21(28)22-12-18-5-3-10-27-18/h3,5-7,10-11,25H,4,8-9,12-13H2,1-2H3,(H,22,28)(H,23,26). The third kappa shape index (κ3) is 4.61. The Kier molecular flexibility index (Phi) is 6.49. The first kappa shape index (κ1) is 20.1. The zero-order valence-electron chi connectivity index (χ0n) is 16.1. The first-order valence-electron chi connectivity index (χ1n) is 9.27. The summed E-state index contributed by atoms with van der Waals surface area (Å²) in [7, 11) is 0. The second kappa shape index (κ2) is 9.03. The van der Waals surface area contributed by atoms with Crippen LogP contribution in [0.25, 0.3) is 10.9 Å². The van der Waals surface area contributed by atoms with Gasteiger partial charge < -0.3 is 24.7 Å². The maximum Gasteiger partial charge on any atom is 0.253 e. The van der Waals surface area contributed by atoms with Crippen molar-refractivity contribution in [2.45, 2.75) is 33.4 Å². The average molecular weight is 400 g/mol. The van der Waals surface area contributed by atoms with Gasteiger partial charge >= 0.3 is 0 Å². The van der Waals surface area contributed by atoms with Gasteiger partial charge in [-0.15, -0.1) is 0 Å². The van der Waals surface area contributed by atoms with Gasteiger partial charge in [0.2, 0.25) is 0 Å². The molecule has 3 N–H and O–H groups in total. The van der Waals surface area contributed by atoms with Gasteiger partial charge in [-0.05, 0) is 67.2 Å². The second-order valence-electron chi connectivity index (χ2n) is 6.83. The summed E-state index contributed by atoms with van der Waals surface area (Å²) in [5, 5.41) is 13.9. The minimum absolute atomic E-state index is 0.0594. The van der Waals surface area contributed by atoms with E-state index >= 15 is 0 Å². The van der Waals surface area contributed by atoms with Crippen molar-refractivity contribution in [3.8, 4) is 0 Å². The third-order valence-corrected chi connectivity index (χ3v) is 5.26. The molecule has 28 heavy (non-hydrogen) atoms. The quantitative estimate of drug-likeness (QED) is 0.530. The molecular formula is C21H25N3O3S. The maximum atomic E-state index is 12.7. The zero-order chi connectivity index (χ0) is 20.1. The zero-order valence-corrected chi connectivity index (χ0v) is 16.9. The van der Waals surface area contributed by atoms with Crippen LogP contribution in [0.4, 0.5) is 0 Å². The number of H-pyrrole nitrogens is 1. The fraction of sp³-hybridized carbons (Fsp3) is 0.333. The largest absolute Gasteiger partial charge is 0.467 e. The Hall–Kier alpha value is -2.64. The number of furan rings is 1. The van der Waals surface area contributed by atoms with E-state index in [9.17, 15) is 9.90 Å². The van der Waals surface area contributed by atoms with Gasteiger partial charge in [-0.25, -0.2) is 0 Å². The highest BCUT2D eigenvalue weighted by molar-refractivity contribution is 7.80. The lowest BCUT2D eigenvalue weighted by atomic mass is 10.0. The molecule has 3 aromatic rings. The van der Waals surface area contributed by atoms with Gasteiger partial charge in [-0.2, -0.15) is 0 Å². The molecule has 0 spiro atoms. The van der Waals surface area contributed by atoms with E-state index in [0.717, 1.165) is 27.8 Å². The lowest BCUT2D eigenvalue weighted by Gasteiger charge is -2.25. The first-order valence-corrected chi connectivity index (χ1v) is 9.68. The summed E-state index contributed by atoms with van der Waals surface area (Å²) in [4.78, 5) is 17.6. The van der Waals surface area contributed by atoms with Crippen molar-refractivity contribution in [3.63, 3.8) is 0 Å². The van der Waals surface area contributed by atoms with Gasteiger partial charge in [0.1, 0.15) is 5.76 Å². The van der Waals surface area contributed by atoms with E-state index in [1.165, 1.54) is 0 Å². The van der Waals surface area contributed by atoms with Crippen LogP contribution in [0.5, 0.6) is 0 Å². The van der Waals surface area contributed by atoms with E-state index < -0.39 is 0 Å². The summed E-state index contributed by atoms with van der Waals surface area (Å²) < 4.78 is 5.32. The number of thiocarbonyl (C=S) groups is 1. The molecule has 0 aliphatic rings. The highest BCUT2D eigenvalue weighted by Crippen LogP contribution is 2.19. The van der Waals surface area contributed by atoms with Crippen LogP contribution in [-0.2, 0) is 13.1 Å². The van der Waals surface area contributed by atoms with Crippen molar-refractivity contribution in [3.05, 3.63) is 69.4 Å². The number of nitrogens with one attached hydrogen (secondary N) is 2. The summed E-state index contributed by atoms with van der Waals surface area (Å²) >= 11 is 5.52. The summed E-state index contributed by atoms with van der Waals surface area (Å²) in [5.41, 5.74) is 3.60. The molecule has 3 rings (SSSR count). The molecule has 0 unspecified atom stereocenters. The first-order chi connectivity index (χ1) is 13.5. The lowest BCUT2D eigenvalue weighted by molar-refractivity contribution is 0.264. The van der Waals surface area contributed by atoms with E-state index in [0.29, 0.717) is 36.7 Å². The van der Waals surface area contributed by atoms with Gasteiger partial charge in [0, 0.05) is 18.7 Å². The fourth-order valence-corrected chi connectivity index (χ4v) is 3.32. The number of benzene rings is 1. The van der Waals surface area contributed by atoms with E-state index in [1.54, 1.807) is 6.26 Å². The van der Waals surface area contributed by atoms with E-state index in [1.807, 2.05) is 43.0 Å². The number of pyridine rings is 1. The number of rotatable bonds is 7. The summed E-state index contributed by atoms with van der Waals surface area (Å²) in [6.07, 6.45) is 2.17. The maximum absolute atomic E-state index is 12.7. The van der Waals surface area contributed by atoms with Crippen molar-refractivity contribution in [2.75, 3.05) is 13.2 Å². The monoisotopic (exact) mass is 399 g/mol. The van der Waals surface area contributed by atoms with Crippen LogP contribution in [-0.4, -0.2) is 33.3 Å². The Morgan fingerprint density at radius 3 is 2.86 bits per heavy atom. The summed E-state index contributed by atoms with van der Waals surface area (Å²) in [6, 6.07) is 9.68. The normalized spacial score (nSPS) is 11.0. The molecule has 0 saturated carbocycles. The highest BCUT2D eigenvalue weighted by Gasteiger charge is 2.14. The molecule has 0 amide bonds.